The molecule has 3 heteroatoms. The second-order valence-electron chi connectivity index (χ2n) is 5.18. The van der Waals surface area contributed by atoms with Crippen LogP contribution in [-0.4, -0.2) is 19.6 Å². The Balaban J connectivity index is 2.13. The minimum absolute atomic E-state index is 0.396. The minimum atomic E-state index is 0.396. The summed E-state index contributed by atoms with van der Waals surface area (Å²) in [4.78, 5) is 2.41. The van der Waals surface area contributed by atoms with Gasteiger partial charge in [-0.05, 0) is 50.4 Å². The third kappa shape index (κ3) is 2.89. The number of anilines is 1. The fourth-order valence-corrected chi connectivity index (χ4v) is 3.20. The highest BCUT2D eigenvalue weighted by atomic mass is 79.9. The molecule has 1 aromatic rings. The summed E-state index contributed by atoms with van der Waals surface area (Å²) in [6.45, 7) is 5.35. The lowest BCUT2D eigenvalue weighted by Gasteiger charge is -2.36. The quantitative estimate of drug-likeness (QED) is 0.880. The number of halogens is 1. The van der Waals surface area contributed by atoms with Crippen LogP contribution in [0.3, 0.4) is 0 Å². The van der Waals surface area contributed by atoms with Gasteiger partial charge in [0.1, 0.15) is 0 Å². The van der Waals surface area contributed by atoms with Crippen LogP contribution in [0.4, 0.5) is 5.69 Å². The lowest BCUT2D eigenvalue weighted by atomic mass is 9.91. The first kappa shape index (κ1) is 13.9. The summed E-state index contributed by atoms with van der Waals surface area (Å²) < 4.78 is 1.21. The van der Waals surface area contributed by atoms with Crippen LogP contribution >= 0.6 is 15.9 Å². The predicted octanol–water partition coefficient (Wildman–Crippen LogP) is 4.11. The Labute approximate surface area is 119 Å². The van der Waals surface area contributed by atoms with Crippen molar-refractivity contribution in [1.29, 1.82) is 0 Å². The molecule has 1 aromatic carbocycles. The molecule has 1 fully saturated rings. The maximum absolute atomic E-state index is 3.71. The molecular weight excluding hydrogens is 288 g/mol. The fourth-order valence-electron chi connectivity index (χ4n) is 2.49. The van der Waals surface area contributed by atoms with Gasteiger partial charge >= 0.3 is 0 Å². The van der Waals surface area contributed by atoms with Crippen LogP contribution in [0.2, 0.25) is 0 Å². The van der Waals surface area contributed by atoms with Crippen LogP contribution in [0.5, 0.6) is 0 Å². The Bertz CT molecular complexity index is 401. The molecule has 0 radical (unpaired) electrons. The van der Waals surface area contributed by atoms with Crippen molar-refractivity contribution in [2.75, 3.05) is 18.5 Å². The molecule has 0 heterocycles. The van der Waals surface area contributed by atoms with E-state index in [0.29, 0.717) is 6.04 Å². The molecule has 1 aliphatic carbocycles. The summed E-state index contributed by atoms with van der Waals surface area (Å²) in [5.41, 5.74) is 2.65. The molecule has 100 valence electrons. The van der Waals surface area contributed by atoms with Crippen molar-refractivity contribution < 1.29 is 0 Å². The number of hydrogen-bond acceptors (Lipinski definition) is 2. The lowest BCUT2D eigenvalue weighted by Crippen LogP contribution is -2.37. The van der Waals surface area contributed by atoms with Gasteiger partial charge < -0.3 is 10.2 Å². The highest BCUT2D eigenvalue weighted by Gasteiger charge is 2.22. The number of nitrogens with one attached hydrogen (secondary N) is 1. The number of nitrogens with zero attached hydrogens (tertiary/aromatic N) is 1. The molecular formula is C15H23BrN2. The highest BCUT2D eigenvalue weighted by Crippen LogP contribution is 2.32. The van der Waals surface area contributed by atoms with Crippen molar-refractivity contribution in [3.05, 3.63) is 28.2 Å². The molecule has 0 aromatic heterocycles. The summed E-state index contributed by atoms with van der Waals surface area (Å²) in [5.74, 6) is 0. The minimum Gasteiger partial charge on any atom is -0.372 e. The number of hydrogen-bond donors (Lipinski definition) is 1. The summed E-state index contributed by atoms with van der Waals surface area (Å²) in [5, 5.41) is 3.45. The first-order chi connectivity index (χ1) is 8.63. The zero-order valence-corrected chi connectivity index (χ0v) is 13.1. The topological polar surface area (TPSA) is 15.3 Å². The molecule has 0 spiro atoms. The van der Waals surface area contributed by atoms with E-state index in [0.717, 1.165) is 12.6 Å². The molecule has 18 heavy (non-hydrogen) atoms. The molecule has 1 saturated carbocycles. The van der Waals surface area contributed by atoms with E-state index in [1.165, 1.54) is 35.0 Å². The van der Waals surface area contributed by atoms with E-state index in [-0.39, 0.29) is 0 Å². The van der Waals surface area contributed by atoms with Crippen molar-refractivity contribution >= 4 is 21.6 Å². The molecule has 2 nitrogen and oxygen atoms in total. The molecule has 2 rings (SSSR count). The average Bonchev–Trinajstić information content (AvgIpc) is 2.26. The van der Waals surface area contributed by atoms with Crippen LogP contribution in [0.25, 0.3) is 0 Å². The van der Waals surface area contributed by atoms with Crippen LogP contribution in [0.15, 0.2) is 22.7 Å². The molecule has 1 N–H and O–H groups in total. The summed E-state index contributed by atoms with van der Waals surface area (Å²) >= 11 is 3.71. The van der Waals surface area contributed by atoms with E-state index in [1.54, 1.807) is 0 Å². The van der Waals surface area contributed by atoms with Crippen LogP contribution in [0, 0.1) is 0 Å². The number of rotatable bonds is 5. The third-order valence-electron chi connectivity index (χ3n) is 3.99. The van der Waals surface area contributed by atoms with Crippen molar-refractivity contribution in [3.63, 3.8) is 0 Å². The Kier molecular flexibility index (Phi) is 4.68. The monoisotopic (exact) mass is 310 g/mol. The van der Waals surface area contributed by atoms with Crippen molar-refractivity contribution in [2.45, 2.75) is 45.2 Å². The van der Waals surface area contributed by atoms with E-state index in [1.807, 2.05) is 0 Å². The summed E-state index contributed by atoms with van der Waals surface area (Å²) in [6, 6.07) is 7.87. The van der Waals surface area contributed by atoms with Crippen LogP contribution < -0.4 is 10.2 Å². The average molecular weight is 311 g/mol. The smallest absolute Gasteiger partial charge is 0.0377 e. The van der Waals surface area contributed by atoms with Gasteiger partial charge in [0, 0.05) is 29.3 Å². The Morgan fingerprint density at radius 3 is 2.67 bits per heavy atom. The molecule has 1 aliphatic rings. The van der Waals surface area contributed by atoms with Gasteiger partial charge in [0.15, 0.2) is 0 Å². The Morgan fingerprint density at radius 1 is 1.44 bits per heavy atom. The zero-order chi connectivity index (χ0) is 13.1. The predicted molar refractivity (Wildman–Crippen MR) is 82.3 cm³/mol. The van der Waals surface area contributed by atoms with Gasteiger partial charge in [-0.2, -0.15) is 0 Å². The van der Waals surface area contributed by atoms with E-state index in [2.05, 4.69) is 65.2 Å². The molecule has 0 aliphatic heterocycles. The maximum Gasteiger partial charge on any atom is 0.0377 e. The third-order valence-corrected chi connectivity index (χ3v) is 4.68. The van der Waals surface area contributed by atoms with Gasteiger partial charge in [-0.1, -0.05) is 28.9 Å². The maximum atomic E-state index is 3.71. The van der Waals surface area contributed by atoms with E-state index in [4.69, 9.17) is 0 Å². The van der Waals surface area contributed by atoms with Gasteiger partial charge in [0.2, 0.25) is 0 Å². The van der Waals surface area contributed by atoms with E-state index >= 15 is 0 Å². The van der Waals surface area contributed by atoms with Gasteiger partial charge in [-0.25, -0.2) is 0 Å². The van der Waals surface area contributed by atoms with Gasteiger partial charge in [-0.3, -0.25) is 0 Å². The molecule has 0 bridgehead atoms. The van der Waals surface area contributed by atoms with E-state index in [9.17, 15) is 0 Å². The molecule has 0 amide bonds. The standard InChI is InChI=1S/C15H23BrN2/c1-4-17-11(2)14-9-8-13(10-15(14)16)18(3)12-6-5-7-12/h8-12,17H,4-7H2,1-3H3. The summed E-state index contributed by atoms with van der Waals surface area (Å²) in [7, 11) is 2.21. The molecule has 1 atom stereocenters. The highest BCUT2D eigenvalue weighted by molar-refractivity contribution is 9.10. The van der Waals surface area contributed by atoms with Gasteiger partial charge in [-0.15, -0.1) is 0 Å². The fraction of sp³-hybridized carbons (Fsp3) is 0.600. The first-order valence-electron chi connectivity index (χ1n) is 6.89. The van der Waals surface area contributed by atoms with Crippen molar-refractivity contribution in [2.24, 2.45) is 0 Å². The second kappa shape index (κ2) is 6.07. The Hall–Kier alpha value is -0.540. The van der Waals surface area contributed by atoms with Crippen LogP contribution in [-0.2, 0) is 0 Å². The van der Waals surface area contributed by atoms with Gasteiger partial charge in [0.25, 0.3) is 0 Å². The van der Waals surface area contributed by atoms with Gasteiger partial charge in [0.05, 0.1) is 0 Å². The second-order valence-corrected chi connectivity index (χ2v) is 6.04. The van der Waals surface area contributed by atoms with Crippen LogP contribution in [0.1, 0.15) is 44.7 Å². The normalized spacial score (nSPS) is 17.3. The van der Waals surface area contributed by atoms with Crippen molar-refractivity contribution in [1.82, 2.24) is 5.32 Å². The largest absolute Gasteiger partial charge is 0.372 e. The SMILES string of the molecule is CCNC(C)c1ccc(N(C)C2CCC2)cc1Br. The Morgan fingerprint density at radius 2 is 2.17 bits per heavy atom. The number of benzene rings is 1. The first-order valence-corrected chi connectivity index (χ1v) is 7.68. The molecule has 0 saturated heterocycles. The zero-order valence-electron chi connectivity index (χ0n) is 11.5. The summed E-state index contributed by atoms with van der Waals surface area (Å²) in [6.07, 6.45) is 4.05. The molecule has 1 unspecified atom stereocenters. The van der Waals surface area contributed by atoms with Crippen molar-refractivity contribution in [3.8, 4) is 0 Å². The lowest BCUT2D eigenvalue weighted by molar-refractivity contribution is 0.401. The van der Waals surface area contributed by atoms with E-state index < -0.39 is 0 Å².